The monoisotopic (exact) mass is 491 g/mol. The molecule has 2 aromatic carbocycles. The zero-order valence-corrected chi connectivity index (χ0v) is 21.1. The summed E-state index contributed by atoms with van der Waals surface area (Å²) in [5.41, 5.74) is 3.94. The van der Waals surface area contributed by atoms with E-state index in [4.69, 9.17) is 0 Å². The van der Waals surface area contributed by atoms with Gasteiger partial charge in [-0.05, 0) is 88.0 Å². The average Bonchev–Trinajstić information content (AvgIpc) is 3.14. The van der Waals surface area contributed by atoms with E-state index in [-0.39, 0.29) is 29.1 Å². The summed E-state index contributed by atoms with van der Waals surface area (Å²) in [6.45, 7) is 4.52. The number of phenols is 1. The van der Waals surface area contributed by atoms with Crippen LogP contribution < -0.4 is 0 Å². The van der Waals surface area contributed by atoms with Gasteiger partial charge < -0.3 is 20.2 Å². The van der Waals surface area contributed by atoms with Crippen LogP contribution in [0.3, 0.4) is 0 Å². The maximum Gasteiger partial charge on any atom is 0.306 e. The molecule has 3 N–H and O–H groups in total. The van der Waals surface area contributed by atoms with E-state index in [2.05, 4.69) is 15.2 Å². The minimum Gasteiger partial charge on any atom is -0.505 e. The van der Waals surface area contributed by atoms with Crippen molar-refractivity contribution in [2.75, 3.05) is 14.1 Å². The van der Waals surface area contributed by atoms with Crippen molar-refractivity contribution in [1.82, 2.24) is 14.5 Å². The van der Waals surface area contributed by atoms with Gasteiger partial charge in [-0.3, -0.25) is 9.36 Å². The second kappa shape index (κ2) is 10.5. The predicted molar refractivity (Wildman–Crippen MR) is 137 cm³/mol. The van der Waals surface area contributed by atoms with Gasteiger partial charge in [0.1, 0.15) is 17.3 Å². The van der Waals surface area contributed by atoms with Crippen molar-refractivity contribution in [2.24, 2.45) is 16.1 Å². The van der Waals surface area contributed by atoms with Gasteiger partial charge in [0, 0.05) is 0 Å². The van der Waals surface area contributed by atoms with Crippen LogP contribution in [0.15, 0.2) is 46.6 Å². The molecule has 0 bridgehead atoms. The number of carboxylic acid groups (broad SMARTS) is 1. The Hall–Kier alpha value is -3.72. The summed E-state index contributed by atoms with van der Waals surface area (Å²) >= 11 is 0. The lowest BCUT2D eigenvalue weighted by atomic mass is 9.77. The Bertz CT molecular complexity index is 1300. The summed E-state index contributed by atoms with van der Waals surface area (Å²) in [7, 11) is 3.84. The van der Waals surface area contributed by atoms with Crippen LogP contribution in [-0.4, -0.2) is 49.8 Å². The number of aliphatic carboxylic acids is 1. The first-order valence-electron chi connectivity index (χ1n) is 12.1. The summed E-state index contributed by atoms with van der Waals surface area (Å²) in [4.78, 5) is 18.0. The molecular formula is C27H33N5O4. The van der Waals surface area contributed by atoms with Crippen molar-refractivity contribution in [2.45, 2.75) is 52.0 Å². The number of hydrogen-bond donors (Lipinski definition) is 3. The van der Waals surface area contributed by atoms with Gasteiger partial charge in [-0.25, -0.2) is 4.98 Å². The van der Waals surface area contributed by atoms with Crippen molar-refractivity contribution in [3.8, 4) is 17.3 Å². The Labute approximate surface area is 210 Å². The fourth-order valence-corrected chi connectivity index (χ4v) is 4.79. The third kappa shape index (κ3) is 5.26. The topological polar surface area (TPSA) is 124 Å². The lowest BCUT2D eigenvalue weighted by molar-refractivity contribution is -0.143. The van der Waals surface area contributed by atoms with E-state index in [1.807, 2.05) is 57.1 Å². The lowest BCUT2D eigenvalue weighted by Gasteiger charge is -2.27. The molecule has 0 spiro atoms. The van der Waals surface area contributed by atoms with E-state index < -0.39 is 11.9 Å². The first-order valence-corrected chi connectivity index (χ1v) is 12.1. The summed E-state index contributed by atoms with van der Waals surface area (Å²) in [6, 6.07) is 11.1. The van der Waals surface area contributed by atoms with Crippen molar-refractivity contribution in [1.29, 1.82) is 0 Å². The van der Waals surface area contributed by atoms with Crippen molar-refractivity contribution >= 4 is 17.5 Å². The Kier molecular flexibility index (Phi) is 7.40. The number of carboxylic acids is 1. The average molecular weight is 492 g/mol. The Morgan fingerprint density at radius 1 is 1.11 bits per heavy atom. The van der Waals surface area contributed by atoms with Gasteiger partial charge in [0.05, 0.1) is 18.2 Å². The smallest absolute Gasteiger partial charge is 0.306 e. The second-order valence-electron chi connectivity index (χ2n) is 9.83. The van der Waals surface area contributed by atoms with Crippen LogP contribution in [0.4, 0.5) is 11.5 Å². The molecule has 3 aromatic rings. The molecule has 1 aromatic heterocycles. The van der Waals surface area contributed by atoms with Gasteiger partial charge in [-0.2, -0.15) is 0 Å². The molecular weight excluding hydrogens is 458 g/mol. The number of hydrogen-bond acceptors (Lipinski definition) is 7. The van der Waals surface area contributed by atoms with Crippen LogP contribution in [0, 0.1) is 19.8 Å². The molecule has 0 saturated heterocycles. The summed E-state index contributed by atoms with van der Waals surface area (Å²) < 4.78 is 1.66. The van der Waals surface area contributed by atoms with Crippen LogP contribution >= 0.6 is 0 Å². The largest absolute Gasteiger partial charge is 0.505 e. The number of nitrogens with zero attached hydrogens (tertiary/aromatic N) is 5. The van der Waals surface area contributed by atoms with Gasteiger partial charge in [-0.15, -0.1) is 10.2 Å². The number of phenolic OH excluding ortho intramolecular Hbond substituents is 1. The molecule has 1 fully saturated rings. The number of rotatable bonds is 7. The van der Waals surface area contributed by atoms with E-state index in [1.165, 1.54) is 0 Å². The quantitative estimate of drug-likeness (QED) is 0.362. The molecule has 9 nitrogen and oxygen atoms in total. The van der Waals surface area contributed by atoms with Gasteiger partial charge in [0.25, 0.3) is 0 Å². The summed E-state index contributed by atoms with van der Waals surface area (Å²) in [6.07, 6.45) is 2.75. The molecule has 9 heteroatoms. The van der Waals surface area contributed by atoms with Crippen LogP contribution in [0.2, 0.25) is 0 Å². The van der Waals surface area contributed by atoms with Crippen LogP contribution in [0.5, 0.6) is 11.6 Å². The van der Waals surface area contributed by atoms with Crippen molar-refractivity contribution < 1.29 is 20.1 Å². The number of benzene rings is 2. The van der Waals surface area contributed by atoms with Gasteiger partial charge in [0.15, 0.2) is 0 Å². The lowest BCUT2D eigenvalue weighted by Crippen LogP contribution is -2.21. The predicted octanol–water partition coefficient (Wildman–Crippen LogP) is 5.74. The molecule has 0 radical (unpaired) electrons. The molecule has 0 aliphatic heterocycles. The Balaban J connectivity index is 1.67. The summed E-state index contributed by atoms with van der Waals surface area (Å²) in [5, 5.41) is 39.8. The van der Waals surface area contributed by atoms with Gasteiger partial charge >= 0.3 is 5.97 Å². The molecule has 1 saturated carbocycles. The van der Waals surface area contributed by atoms with Crippen LogP contribution in [0.25, 0.3) is 5.69 Å². The molecule has 1 heterocycles. The normalized spacial score (nSPS) is 18.2. The SMILES string of the molecule is Cc1ccc(-n2c(CN(C)C)nc(N=Nc3cccc(C4CCCC(C(=O)O)C4)c3O)c2O)cc1C. The molecule has 1 aliphatic carbocycles. The third-order valence-electron chi connectivity index (χ3n) is 6.87. The fraction of sp³-hybridized carbons (Fsp3) is 0.407. The number of azo groups is 1. The molecule has 2 unspecified atom stereocenters. The number of imidazole rings is 1. The molecule has 0 amide bonds. The Morgan fingerprint density at radius 3 is 2.58 bits per heavy atom. The molecule has 1 aliphatic rings. The van der Waals surface area contributed by atoms with Gasteiger partial charge in [0.2, 0.25) is 11.7 Å². The number of aromatic hydroxyl groups is 2. The van der Waals surface area contributed by atoms with Crippen LogP contribution in [-0.2, 0) is 11.3 Å². The molecule has 190 valence electrons. The highest BCUT2D eigenvalue weighted by atomic mass is 16.4. The van der Waals surface area contributed by atoms with E-state index in [0.29, 0.717) is 30.8 Å². The second-order valence-corrected chi connectivity index (χ2v) is 9.83. The zero-order chi connectivity index (χ0) is 26.0. The fourth-order valence-electron chi connectivity index (χ4n) is 4.79. The van der Waals surface area contributed by atoms with Crippen molar-refractivity contribution in [3.05, 3.63) is 58.9 Å². The minimum atomic E-state index is -0.793. The zero-order valence-electron chi connectivity index (χ0n) is 21.1. The molecule has 36 heavy (non-hydrogen) atoms. The first-order chi connectivity index (χ1) is 17.2. The van der Waals surface area contributed by atoms with E-state index >= 15 is 0 Å². The van der Waals surface area contributed by atoms with Gasteiger partial charge in [-0.1, -0.05) is 24.6 Å². The minimum absolute atomic E-state index is 0.0149. The van der Waals surface area contributed by atoms with Crippen molar-refractivity contribution in [3.63, 3.8) is 0 Å². The summed E-state index contributed by atoms with van der Waals surface area (Å²) in [5.74, 6) is -0.745. The molecule has 4 rings (SSSR count). The third-order valence-corrected chi connectivity index (χ3v) is 6.87. The first kappa shape index (κ1) is 25.4. The number of carbonyl (C=O) groups is 1. The maximum atomic E-state index is 11.5. The highest BCUT2D eigenvalue weighted by Gasteiger charge is 2.29. The number of aryl methyl sites for hydroxylation is 2. The van der Waals surface area contributed by atoms with Crippen LogP contribution in [0.1, 0.15) is 54.1 Å². The standard InChI is InChI=1S/C27H33N5O4/c1-16-11-12-20(13-17(16)2)32-23(15-31(3)4)28-25(26(32)34)30-29-22-10-6-9-21(24(22)33)18-7-5-8-19(14-18)27(35)36/h6,9-13,18-19,33-34H,5,7-8,14-15H2,1-4H3,(H,35,36). The molecule has 2 atom stereocenters. The number of para-hydroxylation sites is 1. The van der Waals surface area contributed by atoms with E-state index in [9.17, 15) is 20.1 Å². The van der Waals surface area contributed by atoms with E-state index in [0.717, 1.165) is 29.7 Å². The van der Waals surface area contributed by atoms with E-state index in [1.54, 1.807) is 16.7 Å². The number of aromatic nitrogens is 2. The highest BCUT2D eigenvalue weighted by molar-refractivity contribution is 5.70. The highest BCUT2D eigenvalue weighted by Crippen LogP contribution is 2.43. The Morgan fingerprint density at radius 2 is 1.89 bits per heavy atom. The maximum absolute atomic E-state index is 11.5.